The fourth-order valence-electron chi connectivity index (χ4n) is 2.40. The number of nitrogens with zero attached hydrogens (tertiary/aromatic N) is 2. The Kier molecular flexibility index (Phi) is 6.33. The summed E-state index contributed by atoms with van der Waals surface area (Å²) in [6.45, 7) is 5.30. The Labute approximate surface area is 175 Å². The zero-order chi connectivity index (χ0) is 22.6. The molecule has 0 fully saturated rings. The van der Waals surface area contributed by atoms with Gasteiger partial charge in [-0.15, -0.1) is 0 Å². The van der Waals surface area contributed by atoms with Crippen LogP contribution < -0.4 is 10.6 Å². The molecule has 0 atom stereocenters. The monoisotopic (exact) mass is 434 g/mol. The van der Waals surface area contributed by atoms with Crippen molar-refractivity contribution in [2.45, 2.75) is 39.3 Å². The van der Waals surface area contributed by atoms with Gasteiger partial charge in [0.2, 0.25) is 5.82 Å². The van der Waals surface area contributed by atoms with Crippen LogP contribution in [0.3, 0.4) is 0 Å². The number of carbonyl (C=O) groups excluding carboxylic acids is 2. The summed E-state index contributed by atoms with van der Waals surface area (Å²) in [4.78, 5) is 27.6. The number of benzene rings is 1. The number of ether oxygens (including phenoxy) is 1. The van der Waals surface area contributed by atoms with E-state index in [1.165, 1.54) is 6.07 Å². The smallest absolute Gasteiger partial charge is 0.408 e. The second-order valence-electron chi connectivity index (χ2n) is 7.41. The molecule has 0 bridgehead atoms. The molecule has 31 heavy (non-hydrogen) atoms. The van der Waals surface area contributed by atoms with E-state index in [1.807, 2.05) is 0 Å². The predicted molar refractivity (Wildman–Crippen MR) is 104 cm³/mol. The Morgan fingerprint density at radius 3 is 2.45 bits per heavy atom. The van der Waals surface area contributed by atoms with Gasteiger partial charge in [0.15, 0.2) is 5.76 Å². The maximum absolute atomic E-state index is 12.5. The number of carbonyl (C=O) groups is 2. The number of hydrogen-bond donors (Lipinski definition) is 2. The van der Waals surface area contributed by atoms with Gasteiger partial charge in [-0.05, 0) is 57.2 Å². The lowest BCUT2D eigenvalue weighted by molar-refractivity contribution is 0.0520. The van der Waals surface area contributed by atoms with E-state index < -0.39 is 29.9 Å². The average Bonchev–Trinajstić information content (AvgIpc) is 3.36. The van der Waals surface area contributed by atoms with Crippen molar-refractivity contribution in [3.8, 4) is 11.4 Å². The normalized spacial score (nSPS) is 11.4. The van der Waals surface area contributed by atoms with E-state index in [1.54, 1.807) is 51.1 Å². The van der Waals surface area contributed by atoms with E-state index in [9.17, 15) is 18.4 Å². The van der Waals surface area contributed by atoms with Crippen LogP contribution in [0, 0.1) is 0 Å². The first-order valence-electron chi connectivity index (χ1n) is 9.20. The van der Waals surface area contributed by atoms with Crippen LogP contribution >= 0.6 is 0 Å². The van der Waals surface area contributed by atoms with Crippen molar-refractivity contribution >= 4 is 17.7 Å². The Balaban J connectivity index is 1.56. The number of rotatable bonds is 6. The molecule has 3 rings (SSSR count). The lowest BCUT2D eigenvalue weighted by Crippen LogP contribution is -2.32. The van der Waals surface area contributed by atoms with Gasteiger partial charge in [-0.3, -0.25) is 4.79 Å². The van der Waals surface area contributed by atoms with Crippen molar-refractivity contribution in [2.75, 3.05) is 5.32 Å². The summed E-state index contributed by atoms with van der Waals surface area (Å²) in [5.74, 6) is -0.831. The Hall–Kier alpha value is -3.76. The first kappa shape index (κ1) is 21.9. The van der Waals surface area contributed by atoms with E-state index in [4.69, 9.17) is 9.15 Å². The molecule has 2 amide bonds. The largest absolute Gasteiger partial charge is 0.454 e. The number of amides is 2. The average molecular weight is 434 g/mol. The van der Waals surface area contributed by atoms with Gasteiger partial charge >= 0.3 is 12.5 Å². The summed E-state index contributed by atoms with van der Waals surface area (Å²) in [5.41, 5.74) is 0.265. The highest BCUT2D eigenvalue weighted by Crippen LogP contribution is 2.23. The molecule has 0 unspecified atom stereocenters. The summed E-state index contributed by atoms with van der Waals surface area (Å²) in [5, 5.41) is 8.67. The highest BCUT2D eigenvalue weighted by atomic mass is 19.3. The fraction of sp³-hybridized carbons (Fsp3) is 0.300. The highest BCUT2D eigenvalue weighted by Gasteiger charge is 2.18. The van der Waals surface area contributed by atoms with E-state index in [2.05, 4.69) is 25.3 Å². The van der Waals surface area contributed by atoms with Gasteiger partial charge in [0.05, 0.1) is 6.54 Å². The number of furan rings is 1. The molecule has 2 heterocycles. The van der Waals surface area contributed by atoms with Crippen molar-refractivity contribution in [3.05, 3.63) is 53.8 Å². The third-order valence-electron chi connectivity index (χ3n) is 3.72. The molecule has 164 valence electrons. The summed E-state index contributed by atoms with van der Waals surface area (Å²) < 4.78 is 40.1. The second kappa shape index (κ2) is 8.94. The maximum atomic E-state index is 12.5. The SMILES string of the molecule is CC(C)(C)OC(=O)NCc1ccc(C(=O)Nc2ccc(-c3noc(C(F)F)n3)cc2)o1. The summed E-state index contributed by atoms with van der Waals surface area (Å²) in [6, 6.07) is 9.24. The Morgan fingerprint density at radius 1 is 1.13 bits per heavy atom. The molecule has 0 saturated carbocycles. The lowest BCUT2D eigenvalue weighted by Gasteiger charge is -2.19. The minimum Gasteiger partial charge on any atom is -0.454 e. The lowest BCUT2D eigenvalue weighted by atomic mass is 10.2. The predicted octanol–water partition coefficient (Wildman–Crippen LogP) is 4.54. The maximum Gasteiger partial charge on any atom is 0.408 e. The summed E-state index contributed by atoms with van der Waals surface area (Å²) in [7, 11) is 0. The molecule has 0 aliphatic carbocycles. The van der Waals surface area contributed by atoms with Crippen molar-refractivity contribution in [1.82, 2.24) is 15.5 Å². The zero-order valence-corrected chi connectivity index (χ0v) is 16.9. The second-order valence-corrected chi connectivity index (χ2v) is 7.41. The molecule has 0 saturated heterocycles. The van der Waals surface area contributed by atoms with Crippen LogP contribution in [-0.2, 0) is 11.3 Å². The standard InChI is InChI=1S/C20H20F2N4O5/c1-20(2,3)30-19(28)23-10-13-8-9-14(29-13)17(27)24-12-6-4-11(5-7-12)16-25-18(15(21)22)31-26-16/h4-9,15H,10H2,1-3H3,(H,23,28)(H,24,27). The summed E-state index contributed by atoms with van der Waals surface area (Å²) >= 11 is 0. The minimum absolute atomic E-state index is 0.0151. The molecule has 2 N–H and O–H groups in total. The van der Waals surface area contributed by atoms with Gasteiger partial charge in [0.25, 0.3) is 11.8 Å². The molecule has 0 radical (unpaired) electrons. The van der Waals surface area contributed by atoms with Gasteiger partial charge in [0.1, 0.15) is 11.4 Å². The summed E-state index contributed by atoms with van der Waals surface area (Å²) in [6.07, 6.45) is -3.45. The molecular weight excluding hydrogens is 414 g/mol. The number of halogens is 2. The van der Waals surface area contributed by atoms with E-state index in [0.717, 1.165) is 0 Å². The minimum atomic E-state index is -2.85. The molecule has 9 nitrogen and oxygen atoms in total. The molecular formula is C20H20F2N4O5. The van der Waals surface area contributed by atoms with Crippen LogP contribution in [0.2, 0.25) is 0 Å². The molecule has 0 aliphatic rings. The molecule has 0 aliphatic heterocycles. The highest BCUT2D eigenvalue weighted by molar-refractivity contribution is 6.02. The van der Waals surface area contributed by atoms with Crippen molar-refractivity contribution < 1.29 is 32.0 Å². The fourth-order valence-corrected chi connectivity index (χ4v) is 2.40. The van der Waals surface area contributed by atoms with Crippen molar-refractivity contribution in [2.24, 2.45) is 0 Å². The molecule has 11 heteroatoms. The van der Waals surface area contributed by atoms with Crippen molar-refractivity contribution in [1.29, 1.82) is 0 Å². The Morgan fingerprint density at radius 2 is 1.84 bits per heavy atom. The van der Waals surface area contributed by atoms with E-state index in [-0.39, 0.29) is 18.1 Å². The molecule has 1 aromatic carbocycles. The van der Waals surface area contributed by atoms with Crippen LogP contribution in [0.1, 0.15) is 49.4 Å². The number of anilines is 1. The van der Waals surface area contributed by atoms with E-state index >= 15 is 0 Å². The van der Waals surface area contributed by atoms with Gasteiger partial charge < -0.3 is 24.3 Å². The van der Waals surface area contributed by atoms with Crippen LogP contribution in [0.5, 0.6) is 0 Å². The number of nitrogens with one attached hydrogen (secondary N) is 2. The molecule has 0 spiro atoms. The van der Waals surface area contributed by atoms with Gasteiger partial charge in [-0.1, -0.05) is 5.16 Å². The number of aromatic nitrogens is 2. The van der Waals surface area contributed by atoms with Crippen molar-refractivity contribution in [3.63, 3.8) is 0 Å². The zero-order valence-electron chi connectivity index (χ0n) is 16.9. The molecule has 2 aromatic heterocycles. The number of alkyl carbamates (subject to hydrolysis) is 1. The van der Waals surface area contributed by atoms with Crippen LogP contribution in [-0.4, -0.2) is 27.7 Å². The first-order chi connectivity index (χ1) is 14.6. The quantitative estimate of drug-likeness (QED) is 0.584. The third-order valence-corrected chi connectivity index (χ3v) is 3.72. The number of hydrogen-bond acceptors (Lipinski definition) is 7. The first-order valence-corrected chi connectivity index (χ1v) is 9.20. The third kappa shape index (κ3) is 6.11. The molecule has 3 aromatic rings. The number of alkyl halides is 2. The van der Waals surface area contributed by atoms with Crippen LogP contribution in [0.15, 0.2) is 45.3 Å². The topological polar surface area (TPSA) is 119 Å². The van der Waals surface area contributed by atoms with Crippen LogP contribution in [0.4, 0.5) is 19.3 Å². The van der Waals surface area contributed by atoms with Gasteiger partial charge in [-0.25, -0.2) is 4.79 Å². The van der Waals surface area contributed by atoms with Gasteiger partial charge in [0, 0.05) is 11.3 Å². The van der Waals surface area contributed by atoms with E-state index in [0.29, 0.717) is 17.0 Å². The Bertz CT molecular complexity index is 1050. The van der Waals surface area contributed by atoms with Crippen LogP contribution in [0.25, 0.3) is 11.4 Å². The van der Waals surface area contributed by atoms with Gasteiger partial charge in [-0.2, -0.15) is 13.8 Å².